The largest absolute Gasteiger partial charge is 0.398 e. The molecule has 0 aromatic heterocycles. The predicted molar refractivity (Wildman–Crippen MR) is 60.1 cm³/mol. The Hall–Kier alpha value is -1.02. The van der Waals surface area contributed by atoms with E-state index in [1.807, 2.05) is 13.0 Å². The molecule has 2 nitrogen and oxygen atoms in total. The molecule has 0 heterocycles. The summed E-state index contributed by atoms with van der Waals surface area (Å²) < 4.78 is 0. The summed E-state index contributed by atoms with van der Waals surface area (Å²) in [5, 5.41) is 0. The lowest BCUT2D eigenvalue weighted by molar-refractivity contribution is 0.668. The van der Waals surface area contributed by atoms with Crippen molar-refractivity contribution in [2.75, 3.05) is 5.73 Å². The van der Waals surface area contributed by atoms with Crippen LogP contribution in [0, 0.1) is 0 Å². The number of hydrogen-bond donors (Lipinski definition) is 2. The van der Waals surface area contributed by atoms with Crippen LogP contribution in [0.2, 0.25) is 0 Å². The van der Waals surface area contributed by atoms with Crippen LogP contribution in [0.3, 0.4) is 0 Å². The van der Waals surface area contributed by atoms with Gasteiger partial charge in [-0.15, -0.1) is 0 Å². The van der Waals surface area contributed by atoms with E-state index < -0.39 is 0 Å². The maximum atomic E-state index is 5.97. The quantitative estimate of drug-likeness (QED) is 0.667. The molecule has 1 aliphatic rings. The molecular formula is C12H18N2. The topological polar surface area (TPSA) is 52.0 Å². The first-order valence-electron chi connectivity index (χ1n) is 5.36. The third-order valence-corrected chi connectivity index (χ3v) is 3.07. The average Bonchev–Trinajstić information content (AvgIpc) is 2.17. The van der Waals surface area contributed by atoms with Gasteiger partial charge in [0, 0.05) is 11.7 Å². The summed E-state index contributed by atoms with van der Waals surface area (Å²) in [5.41, 5.74) is 16.8. The van der Waals surface area contributed by atoms with Gasteiger partial charge in [-0.25, -0.2) is 0 Å². The summed E-state index contributed by atoms with van der Waals surface area (Å²) in [6.07, 6.45) is 4.91. The van der Waals surface area contributed by atoms with E-state index in [4.69, 9.17) is 11.5 Å². The van der Waals surface area contributed by atoms with E-state index >= 15 is 0 Å². The third kappa shape index (κ3) is 1.50. The molecule has 4 N–H and O–H groups in total. The van der Waals surface area contributed by atoms with Gasteiger partial charge in [-0.3, -0.25) is 0 Å². The van der Waals surface area contributed by atoms with Gasteiger partial charge in [0.1, 0.15) is 0 Å². The SMILES string of the molecule is C[C@@H](N)c1c(N)ccc2c1CCCC2. The van der Waals surface area contributed by atoms with Crippen LogP contribution in [-0.4, -0.2) is 0 Å². The van der Waals surface area contributed by atoms with Crippen molar-refractivity contribution in [2.45, 2.75) is 38.6 Å². The molecule has 0 radical (unpaired) electrons. The summed E-state index contributed by atoms with van der Waals surface area (Å²) in [7, 11) is 0. The standard InChI is InChI=1S/C12H18N2/c1-8(13)12-10-5-3-2-4-9(10)6-7-11(12)14/h6-8H,2-5,13-14H2,1H3/t8-/m1/s1. The zero-order valence-corrected chi connectivity index (χ0v) is 8.72. The summed E-state index contributed by atoms with van der Waals surface area (Å²) >= 11 is 0. The van der Waals surface area contributed by atoms with E-state index in [1.165, 1.54) is 36.0 Å². The predicted octanol–water partition coefficient (Wildman–Crippen LogP) is 2.17. The molecule has 0 unspecified atom stereocenters. The first-order chi connectivity index (χ1) is 6.70. The van der Waals surface area contributed by atoms with E-state index in [-0.39, 0.29) is 6.04 Å². The first kappa shape index (κ1) is 9.53. The van der Waals surface area contributed by atoms with Crippen molar-refractivity contribution in [2.24, 2.45) is 5.73 Å². The minimum Gasteiger partial charge on any atom is -0.398 e. The summed E-state index contributed by atoms with van der Waals surface area (Å²) in [4.78, 5) is 0. The smallest absolute Gasteiger partial charge is 0.0365 e. The molecular weight excluding hydrogens is 172 g/mol. The van der Waals surface area contributed by atoms with Gasteiger partial charge in [0.15, 0.2) is 0 Å². The molecule has 0 saturated carbocycles. The van der Waals surface area contributed by atoms with Crippen molar-refractivity contribution < 1.29 is 0 Å². The second-order valence-electron chi connectivity index (χ2n) is 4.20. The Morgan fingerprint density at radius 1 is 1.21 bits per heavy atom. The second kappa shape index (κ2) is 3.62. The normalized spacial score (nSPS) is 17.6. The molecule has 0 aliphatic heterocycles. The highest BCUT2D eigenvalue weighted by Crippen LogP contribution is 2.31. The molecule has 76 valence electrons. The van der Waals surface area contributed by atoms with Gasteiger partial charge in [-0.1, -0.05) is 6.07 Å². The van der Waals surface area contributed by atoms with Crippen LogP contribution >= 0.6 is 0 Å². The van der Waals surface area contributed by atoms with Gasteiger partial charge in [-0.05, 0) is 55.4 Å². The van der Waals surface area contributed by atoms with Crippen molar-refractivity contribution in [3.8, 4) is 0 Å². The Balaban J connectivity index is 2.55. The molecule has 2 heteroatoms. The van der Waals surface area contributed by atoms with Crippen LogP contribution in [0.4, 0.5) is 5.69 Å². The Kier molecular flexibility index (Phi) is 2.46. The highest BCUT2D eigenvalue weighted by Gasteiger charge is 2.17. The fourth-order valence-corrected chi connectivity index (χ4v) is 2.41. The first-order valence-corrected chi connectivity index (χ1v) is 5.36. The van der Waals surface area contributed by atoms with Gasteiger partial charge in [0.05, 0.1) is 0 Å². The van der Waals surface area contributed by atoms with Gasteiger partial charge >= 0.3 is 0 Å². The number of hydrogen-bond acceptors (Lipinski definition) is 2. The Bertz CT molecular complexity index is 342. The monoisotopic (exact) mass is 190 g/mol. The van der Waals surface area contributed by atoms with Gasteiger partial charge in [0.2, 0.25) is 0 Å². The van der Waals surface area contributed by atoms with Crippen LogP contribution in [0.1, 0.15) is 42.5 Å². The maximum Gasteiger partial charge on any atom is 0.0365 e. The van der Waals surface area contributed by atoms with Gasteiger partial charge < -0.3 is 11.5 Å². The summed E-state index contributed by atoms with van der Waals surface area (Å²) in [5.74, 6) is 0. The van der Waals surface area contributed by atoms with Crippen molar-refractivity contribution in [1.82, 2.24) is 0 Å². The number of aryl methyl sites for hydroxylation is 1. The lowest BCUT2D eigenvalue weighted by Crippen LogP contribution is -2.15. The molecule has 1 atom stereocenters. The lowest BCUT2D eigenvalue weighted by Gasteiger charge is -2.22. The number of fused-ring (bicyclic) bond motifs is 1. The van der Waals surface area contributed by atoms with Crippen molar-refractivity contribution >= 4 is 5.69 Å². The van der Waals surface area contributed by atoms with E-state index in [1.54, 1.807) is 0 Å². The molecule has 0 spiro atoms. The van der Waals surface area contributed by atoms with Crippen molar-refractivity contribution in [1.29, 1.82) is 0 Å². The molecule has 1 aliphatic carbocycles. The maximum absolute atomic E-state index is 5.97. The fraction of sp³-hybridized carbons (Fsp3) is 0.500. The van der Waals surface area contributed by atoms with Crippen LogP contribution in [-0.2, 0) is 12.8 Å². The van der Waals surface area contributed by atoms with E-state index in [9.17, 15) is 0 Å². The molecule has 14 heavy (non-hydrogen) atoms. The lowest BCUT2D eigenvalue weighted by atomic mass is 9.85. The number of nitrogens with two attached hydrogens (primary N) is 2. The molecule has 1 aromatic rings. The van der Waals surface area contributed by atoms with E-state index in [0.717, 1.165) is 12.1 Å². The van der Waals surface area contributed by atoms with E-state index in [2.05, 4.69) is 6.07 Å². The third-order valence-electron chi connectivity index (χ3n) is 3.07. The van der Waals surface area contributed by atoms with Crippen LogP contribution in [0.25, 0.3) is 0 Å². The molecule has 0 fully saturated rings. The second-order valence-corrected chi connectivity index (χ2v) is 4.20. The number of benzene rings is 1. The summed E-state index contributed by atoms with van der Waals surface area (Å²) in [6, 6.07) is 4.22. The molecule has 0 saturated heterocycles. The van der Waals surface area contributed by atoms with E-state index in [0.29, 0.717) is 0 Å². The zero-order valence-electron chi connectivity index (χ0n) is 8.72. The molecule has 0 amide bonds. The van der Waals surface area contributed by atoms with Crippen LogP contribution < -0.4 is 11.5 Å². The Morgan fingerprint density at radius 3 is 2.64 bits per heavy atom. The highest BCUT2D eigenvalue weighted by molar-refractivity contribution is 5.56. The minimum absolute atomic E-state index is 0.0584. The van der Waals surface area contributed by atoms with Crippen molar-refractivity contribution in [3.05, 3.63) is 28.8 Å². The summed E-state index contributed by atoms with van der Waals surface area (Å²) in [6.45, 7) is 2.01. The zero-order chi connectivity index (χ0) is 10.1. The van der Waals surface area contributed by atoms with Crippen LogP contribution in [0.5, 0.6) is 0 Å². The fourth-order valence-electron chi connectivity index (χ4n) is 2.41. The van der Waals surface area contributed by atoms with Gasteiger partial charge in [-0.2, -0.15) is 0 Å². The Labute approximate surface area is 85.3 Å². The van der Waals surface area contributed by atoms with Crippen molar-refractivity contribution in [3.63, 3.8) is 0 Å². The number of anilines is 1. The average molecular weight is 190 g/mol. The number of nitrogen functional groups attached to an aromatic ring is 1. The van der Waals surface area contributed by atoms with Crippen LogP contribution in [0.15, 0.2) is 12.1 Å². The number of rotatable bonds is 1. The molecule has 0 bridgehead atoms. The Morgan fingerprint density at radius 2 is 1.93 bits per heavy atom. The minimum atomic E-state index is 0.0584. The van der Waals surface area contributed by atoms with Gasteiger partial charge in [0.25, 0.3) is 0 Å². The highest BCUT2D eigenvalue weighted by atomic mass is 14.7. The molecule has 2 rings (SSSR count). The molecule has 1 aromatic carbocycles.